The van der Waals surface area contributed by atoms with Gasteiger partial charge < -0.3 is 9.32 Å². The Morgan fingerprint density at radius 3 is 2.42 bits per heavy atom. The number of halogens is 1. The third-order valence-electron chi connectivity index (χ3n) is 5.77. The number of sulfonamides is 2. The molecule has 3 aromatic carbocycles. The van der Waals surface area contributed by atoms with E-state index in [2.05, 4.69) is 9.44 Å². The number of amides is 1. The van der Waals surface area contributed by atoms with Gasteiger partial charge >= 0.3 is 0 Å². The molecule has 1 amide bonds. The van der Waals surface area contributed by atoms with E-state index in [0.29, 0.717) is 29.6 Å². The summed E-state index contributed by atoms with van der Waals surface area (Å²) >= 11 is 6.08. The zero-order chi connectivity index (χ0) is 25.7. The number of hydrogen-bond donors (Lipinski definition) is 2. The van der Waals surface area contributed by atoms with Gasteiger partial charge in [0.1, 0.15) is 5.58 Å². The van der Waals surface area contributed by atoms with Crippen molar-refractivity contribution >= 4 is 65.6 Å². The van der Waals surface area contributed by atoms with Crippen molar-refractivity contribution in [2.45, 2.75) is 23.3 Å². The molecule has 0 saturated carbocycles. The maximum atomic E-state index is 13.2. The van der Waals surface area contributed by atoms with Crippen molar-refractivity contribution < 1.29 is 26.0 Å². The van der Waals surface area contributed by atoms with Crippen LogP contribution in [0.4, 0.5) is 17.1 Å². The van der Waals surface area contributed by atoms with E-state index in [-0.39, 0.29) is 32.3 Å². The van der Waals surface area contributed by atoms with E-state index in [9.17, 15) is 21.6 Å². The molecule has 0 spiro atoms. The minimum absolute atomic E-state index is 0.0207. The predicted octanol–water partition coefficient (Wildman–Crippen LogP) is 4.60. The number of carbonyl (C=O) groups excluding carboxylic acids is 1. The van der Waals surface area contributed by atoms with Gasteiger partial charge in [-0.1, -0.05) is 29.8 Å². The Labute approximate surface area is 212 Å². The van der Waals surface area contributed by atoms with Crippen LogP contribution in [0.5, 0.6) is 0 Å². The summed E-state index contributed by atoms with van der Waals surface area (Å²) in [5.41, 5.74) is 1.70. The molecule has 1 aliphatic rings. The van der Waals surface area contributed by atoms with Crippen LogP contribution in [0.15, 0.2) is 81.1 Å². The third-order valence-corrected chi connectivity index (χ3v) is 8.59. The Kier molecular flexibility index (Phi) is 5.93. The standard InChI is InChI=1S/C24H20ClN3O6S2/c1-15(29)28-11-10-16-12-19(7-9-22(16)28)35(30,31)26-20-8-6-18(25)14-21(20)27-36(32,33)24-13-17-4-2-3-5-23(17)34-24/h2-9,12-14,26-27H,10-11H2,1H3. The van der Waals surface area contributed by atoms with Crippen LogP contribution in [0.3, 0.4) is 0 Å². The first-order valence-electron chi connectivity index (χ1n) is 10.8. The molecule has 36 heavy (non-hydrogen) atoms. The average Bonchev–Trinajstić information content (AvgIpc) is 3.45. The van der Waals surface area contributed by atoms with Crippen molar-refractivity contribution in [2.24, 2.45) is 0 Å². The number of anilines is 3. The van der Waals surface area contributed by atoms with Crippen molar-refractivity contribution in [2.75, 3.05) is 20.9 Å². The van der Waals surface area contributed by atoms with Gasteiger partial charge in [0.25, 0.3) is 20.0 Å². The number of fused-ring (bicyclic) bond motifs is 2. The molecule has 186 valence electrons. The van der Waals surface area contributed by atoms with Gasteiger partial charge in [-0.05, 0) is 54.4 Å². The molecular formula is C24H20ClN3O6S2. The molecule has 0 saturated heterocycles. The second-order valence-corrected chi connectivity index (χ2v) is 11.9. The van der Waals surface area contributed by atoms with Gasteiger partial charge in [0.15, 0.2) is 0 Å². The maximum Gasteiger partial charge on any atom is 0.295 e. The van der Waals surface area contributed by atoms with Crippen molar-refractivity contribution in [3.63, 3.8) is 0 Å². The molecule has 0 radical (unpaired) electrons. The van der Waals surface area contributed by atoms with Crippen LogP contribution in [0.1, 0.15) is 12.5 Å². The van der Waals surface area contributed by atoms with Gasteiger partial charge in [-0.2, -0.15) is 8.42 Å². The Balaban J connectivity index is 1.46. The fourth-order valence-electron chi connectivity index (χ4n) is 4.05. The highest BCUT2D eigenvalue weighted by atomic mass is 35.5. The first kappa shape index (κ1) is 24.2. The number of benzene rings is 3. The molecule has 9 nitrogen and oxygen atoms in total. The molecule has 4 aromatic rings. The Morgan fingerprint density at radius 1 is 0.917 bits per heavy atom. The summed E-state index contributed by atoms with van der Waals surface area (Å²) in [5, 5.41) is 0.470. The van der Waals surface area contributed by atoms with Crippen molar-refractivity contribution in [1.29, 1.82) is 0 Å². The fraction of sp³-hybridized carbons (Fsp3) is 0.125. The maximum absolute atomic E-state index is 13.2. The van der Waals surface area contributed by atoms with Gasteiger partial charge in [0, 0.05) is 35.6 Å². The summed E-state index contributed by atoms with van der Waals surface area (Å²) in [6, 6.07) is 16.8. The lowest BCUT2D eigenvalue weighted by Crippen LogP contribution is -2.25. The van der Waals surface area contributed by atoms with Gasteiger partial charge in [-0.3, -0.25) is 14.2 Å². The van der Waals surface area contributed by atoms with E-state index in [4.69, 9.17) is 16.0 Å². The summed E-state index contributed by atoms with van der Waals surface area (Å²) in [6.45, 7) is 1.93. The molecule has 0 fully saturated rings. The minimum Gasteiger partial charge on any atom is -0.443 e. The smallest absolute Gasteiger partial charge is 0.295 e. The second kappa shape index (κ2) is 8.84. The lowest BCUT2D eigenvalue weighted by atomic mass is 10.2. The summed E-state index contributed by atoms with van der Waals surface area (Å²) in [6.07, 6.45) is 0.530. The van der Waals surface area contributed by atoms with E-state index in [0.717, 1.165) is 5.56 Å². The lowest BCUT2D eigenvalue weighted by molar-refractivity contribution is -0.116. The Hall–Kier alpha value is -3.54. The van der Waals surface area contributed by atoms with Gasteiger partial charge in [-0.25, -0.2) is 8.42 Å². The van der Waals surface area contributed by atoms with Crippen LogP contribution in [-0.4, -0.2) is 29.3 Å². The van der Waals surface area contributed by atoms with E-state index in [1.807, 2.05) is 0 Å². The van der Waals surface area contributed by atoms with Gasteiger partial charge in [0.2, 0.25) is 11.0 Å². The number of furan rings is 1. The first-order chi connectivity index (χ1) is 17.0. The number of carbonyl (C=O) groups is 1. The van der Waals surface area contributed by atoms with Gasteiger partial charge in [0.05, 0.1) is 16.3 Å². The fourth-order valence-corrected chi connectivity index (χ4v) is 6.39. The average molecular weight is 546 g/mol. The predicted molar refractivity (Wildman–Crippen MR) is 137 cm³/mol. The van der Waals surface area contributed by atoms with E-state index >= 15 is 0 Å². The normalized spacial score (nSPS) is 13.6. The molecule has 1 aliphatic heterocycles. The van der Waals surface area contributed by atoms with E-state index in [1.165, 1.54) is 43.3 Å². The highest BCUT2D eigenvalue weighted by molar-refractivity contribution is 7.93. The Morgan fingerprint density at radius 2 is 1.67 bits per heavy atom. The van der Waals surface area contributed by atoms with E-state index in [1.54, 1.807) is 35.2 Å². The number of nitrogens with zero attached hydrogens (tertiary/aromatic N) is 1. The number of para-hydroxylation sites is 1. The van der Waals surface area contributed by atoms with Crippen LogP contribution in [0.25, 0.3) is 11.0 Å². The SMILES string of the molecule is CC(=O)N1CCc2cc(S(=O)(=O)Nc3ccc(Cl)cc3NS(=O)(=O)c3cc4ccccc4o3)ccc21. The molecule has 0 unspecified atom stereocenters. The molecule has 12 heteroatoms. The molecule has 1 aromatic heterocycles. The molecule has 5 rings (SSSR count). The zero-order valence-corrected chi connectivity index (χ0v) is 21.2. The number of nitrogens with one attached hydrogen (secondary N) is 2. The third kappa shape index (κ3) is 4.52. The molecule has 2 N–H and O–H groups in total. The van der Waals surface area contributed by atoms with Crippen molar-refractivity contribution in [1.82, 2.24) is 0 Å². The monoisotopic (exact) mass is 545 g/mol. The van der Waals surface area contributed by atoms with Crippen LogP contribution < -0.4 is 14.3 Å². The number of rotatable bonds is 6. The minimum atomic E-state index is -4.20. The van der Waals surface area contributed by atoms with Crippen LogP contribution in [-0.2, 0) is 31.3 Å². The molecule has 0 atom stereocenters. The zero-order valence-electron chi connectivity index (χ0n) is 18.9. The topological polar surface area (TPSA) is 126 Å². The highest BCUT2D eigenvalue weighted by Crippen LogP contribution is 2.34. The molecule has 0 aliphatic carbocycles. The summed E-state index contributed by atoms with van der Waals surface area (Å²) in [7, 11) is -8.31. The first-order valence-corrected chi connectivity index (χ1v) is 14.1. The van der Waals surface area contributed by atoms with Crippen LogP contribution in [0, 0.1) is 0 Å². The quantitative estimate of drug-likeness (QED) is 0.365. The lowest BCUT2D eigenvalue weighted by Gasteiger charge is -2.16. The second-order valence-electron chi connectivity index (χ2n) is 8.22. The molecule has 0 bridgehead atoms. The summed E-state index contributed by atoms with van der Waals surface area (Å²) in [4.78, 5) is 13.4. The van der Waals surface area contributed by atoms with Crippen molar-refractivity contribution in [3.8, 4) is 0 Å². The van der Waals surface area contributed by atoms with E-state index < -0.39 is 20.0 Å². The largest absolute Gasteiger partial charge is 0.443 e. The highest BCUT2D eigenvalue weighted by Gasteiger charge is 2.26. The summed E-state index contributed by atoms with van der Waals surface area (Å²) in [5.74, 6) is -0.120. The van der Waals surface area contributed by atoms with Crippen LogP contribution >= 0.6 is 11.6 Å². The van der Waals surface area contributed by atoms with Gasteiger partial charge in [-0.15, -0.1) is 0 Å². The molecular weight excluding hydrogens is 526 g/mol. The van der Waals surface area contributed by atoms with Crippen LogP contribution in [0.2, 0.25) is 5.02 Å². The number of hydrogen-bond acceptors (Lipinski definition) is 6. The summed E-state index contributed by atoms with van der Waals surface area (Å²) < 4.78 is 62.7. The van der Waals surface area contributed by atoms with Crippen molar-refractivity contribution in [3.05, 3.63) is 77.3 Å². The molecule has 2 heterocycles. The Bertz CT molecular complexity index is 1700.